The molecule has 2 rings (SSSR count). The van der Waals surface area contributed by atoms with Gasteiger partial charge in [0.15, 0.2) is 6.10 Å². The Balaban J connectivity index is 2.65. The van der Waals surface area contributed by atoms with Crippen LogP contribution >= 0.6 is 0 Å². The Labute approximate surface area is 132 Å². The van der Waals surface area contributed by atoms with E-state index in [0.717, 1.165) is 0 Å². The molecule has 6 N–H and O–H groups in total. The summed E-state index contributed by atoms with van der Waals surface area (Å²) in [7, 11) is 0. The van der Waals surface area contributed by atoms with E-state index in [-0.39, 0.29) is 0 Å². The number of hydrogen-bond donors (Lipinski definition) is 6. The molecule has 12 heteroatoms. The van der Waals surface area contributed by atoms with Gasteiger partial charge in [-0.15, -0.1) is 0 Å². The minimum absolute atomic E-state index is 1.26. The van der Waals surface area contributed by atoms with E-state index in [9.17, 15) is 44.7 Å². The Kier molecular flexibility index (Phi) is 4.72. The van der Waals surface area contributed by atoms with Gasteiger partial charge >= 0.3 is 11.9 Å². The fourth-order valence-electron chi connectivity index (χ4n) is 2.51. The lowest BCUT2D eigenvalue weighted by atomic mass is 9.81. The van der Waals surface area contributed by atoms with Gasteiger partial charge in [0.25, 0.3) is 5.78 Å². The molecule has 2 fully saturated rings. The molecular weight excluding hydrogens is 336 g/mol. The Morgan fingerprint density at radius 1 is 1.00 bits per heavy atom. The van der Waals surface area contributed by atoms with Crippen molar-refractivity contribution in [2.24, 2.45) is 0 Å². The molecule has 0 aromatic heterocycles. The molecule has 0 aliphatic carbocycles. The SMILES string of the molecule is O=C1O[C@@]2([C@@H](O)CO)C(=O)[C@@H](O)[C@@H](O)[C@H](O)[C@@H](O)C(=O)OC2C1=O. The first kappa shape index (κ1) is 18.4. The molecule has 0 aromatic rings. The fraction of sp³-hybridized carbons (Fsp3) is 0.667. The number of carbonyl (C=O) groups excluding carboxylic acids is 4. The van der Waals surface area contributed by atoms with Crippen LogP contribution in [0.4, 0.5) is 0 Å². The summed E-state index contributed by atoms with van der Waals surface area (Å²) in [6.45, 7) is -1.26. The second-order valence-corrected chi connectivity index (χ2v) is 5.30. The zero-order valence-corrected chi connectivity index (χ0v) is 11.8. The third-order valence-corrected chi connectivity index (χ3v) is 3.88. The predicted octanol–water partition coefficient (Wildman–Crippen LogP) is -5.86. The molecular formula is C12H14O12. The lowest BCUT2D eigenvalue weighted by Gasteiger charge is -2.34. The molecule has 0 aromatic carbocycles. The van der Waals surface area contributed by atoms with Gasteiger partial charge in [-0.25, -0.2) is 9.59 Å². The van der Waals surface area contributed by atoms with E-state index in [1.165, 1.54) is 0 Å². The lowest BCUT2D eigenvalue weighted by molar-refractivity contribution is -0.195. The van der Waals surface area contributed by atoms with Crippen molar-refractivity contribution in [3.8, 4) is 0 Å². The molecule has 0 bridgehead atoms. The predicted molar refractivity (Wildman–Crippen MR) is 65.8 cm³/mol. The standard InChI is InChI=1S/C12H14O12/c13-1-2(14)12-8(20)5(17)3(15)4(16)6(18)10(21)23-9(12)7(19)11(22)24-12/h2-6,9,13-18H,1H2/t2-,3-,4-,5-,6+,9?,12-/m0/s1. The van der Waals surface area contributed by atoms with Crippen LogP contribution < -0.4 is 0 Å². The summed E-state index contributed by atoms with van der Waals surface area (Å²) >= 11 is 0. The third kappa shape index (κ3) is 2.40. The monoisotopic (exact) mass is 350 g/mol. The molecule has 12 nitrogen and oxygen atoms in total. The quantitative estimate of drug-likeness (QED) is 0.203. The number of rotatable bonds is 2. The Bertz CT molecular complexity index is 587. The molecule has 7 atom stereocenters. The van der Waals surface area contributed by atoms with Crippen LogP contribution in [0.15, 0.2) is 0 Å². The van der Waals surface area contributed by atoms with Crippen LogP contribution in [-0.4, -0.2) is 103 Å². The highest BCUT2D eigenvalue weighted by atomic mass is 16.6. The number of esters is 2. The summed E-state index contributed by atoms with van der Waals surface area (Å²) in [6, 6.07) is 0. The summed E-state index contributed by atoms with van der Waals surface area (Å²) in [4.78, 5) is 47.5. The van der Waals surface area contributed by atoms with Crippen molar-refractivity contribution in [3.05, 3.63) is 0 Å². The average Bonchev–Trinajstić information content (AvgIpc) is 2.82. The second kappa shape index (κ2) is 6.16. The smallest absolute Gasteiger partial charge is 0.380 e. The highest BCUT2D eigenvalue weighted by molar-refractivity contribution is 6.39. The number of Topliss-reactive ketones (excluding diaryl/α,β-unsaturated/α-hetero) is 2. The van der Waals surface area contributed by atoms with Crippen molar-refractivity contribution in [3.63, 3.8) is 0 Å². The van der Waals surface area contributed by atoms with E-state index in [2.05, 4.69) is 9.47 Å². The Morgan fingerprint density at radius 3 is 2.08 bits per heavy atom. The van der Waals surface area contributed by atoms with Crippen LogP contribution in [0.5, 0.6) is 0 Å². The van der Waals surface area contributed by atoms with Gasteiger partial charge in [0, 0.05) is 0 Å². The van der Waals surface area contributed by atoms with Gasteiger partial charge in [0.05, 0.1) is 6.61 Å². The number of hydrogen-bond acceptors (Lipinski definition) is 12. The van der Waals surface area contributed by atoms with Gasteiger partial charge in [-0.2, -0.15) is 0 Å². The summed E-state index contributed by atoms with van der Waals surface area (Å²) in [6.07, 6.45) is -14.7. The normalized spacial score (nSPS) is 41.7. The van der Waals surface area contributed by atoms with E-state index < -0.39 is 72.3 Å². The minimum atomic E-state index is -3.04. The lowest BCUT2D eigenvalue weighted by Crippen LogP contribution is -2.64. The van der Waals surface area contributed by atoms with Crippen LogP contribution in [0.25, 0.3) is 0 Å². The number of ketones is 2. The van der Waals surface area contributed by atoms with Crippen LogP contribution in [0.2, 0.25) is 0 Å². The number of aliphatic hydroxyl groups is 6. The summed E-state index contributed by atoms with van der Waals surface area (Å²) in [5.74, 6) is -6.74. The average molecular weight is 350 g/mol. The molecule has 0 amide bonds. The van der Waals surface area contributed by atoms with Crippen molar-refractivity contribution in [1.29, 1.82) is 0 Å². The highest BCUT2D eigenvalue weighted by Gasteiger charge is 2.69. The second-order valence-electron chi connectivity index (χ2n) is 5.30. The first-order valence-electron chi connectivity index (χ1n) is 6.62. The van der Waals surface area contributed by atoms with Crippen LogP contribution in [0, 0.1) is 0 Å². The zero-order chi connectivity index (χ0) is 18.4. The number of fused-ring (bicyclic) bond motifs is 1. The van der Waals surface area contributed by atoms with Crippen molar-refractivity contribution in [2.75, 3.05) is 6.61 Å². The first-order valence-corrected chi connectivity index (χ1v) is 6.62. The zero-order valence-electron chi connectivity index (χ0n) is 11.8. The maximum atomic E-state index is 12.4. The fourth-order valence-corrected chi connectivity index (χ4v) is 2.51. The van der Waals surface area contributed by atoms with Crippen molar-refractivity contribution < 1.29 is 59.3 Å². The maximum absolute atomic E-state index is 12.4. The van der Waals surface area contributed by atoms with E-state index in [1.807, 2.05) is 0 Å². The van der Waals surface area contributed by atoms with Crippen molar-refractivity contribution in [2.45, 2.75) is 42.2 Å². The van der Waals surface area contributed by atoms with E-state index in [1.54, 1.807) is 0 Å². The van der Waals surface area contributed by atoms with Gasteiger partial charge in [-0.1, -0.05) is 0 Å². The molecule has 2 heterocycles. The third-order valence-electron chi connectivity index (χ3n) is 3.88. The van der Waals surface area contributed by atoms with E-state index in [0.29, 0.717) is 0 Å². The van der Waals surface area contributed by atoms with Gasteiger partial charge < -0.3 is 40.1 Å². The number of carbonyl (C=O) groups is 4. The Hall–Kier alpha value is -1.96. The number of aliphatic hydroxyl groups excluding tert-OH is 6. The largest absolute Gasteiger partial charge is 0.447 e. The summed E-state index contributed by atoms with van der Waals surface area (Å²) in [5.41, 5.74) is -3.04. The van der Waals surface area contributed by atoms with E-state index >= 15 is 0 Å². The number of ether oxygens (including phenoxy) is 2. The molecule has 0 spiro atoms. The first-order chi connectivity index (χ1) is 11.1. The topological polar surface area (TPSA) is 208 Å². The van der Waals surface area contributed by atoms with Crippen LogP contribution in [-0.2, 0) is 28.7 Å². The Morgan fingerprint density at radius 2 is 1.54 bits per heavy atom. The molecule has 0 saturated carbocycles. The van der Waals surface area contributed by atoms with Crippen molar-refractivity contribution >= 4 is 23.5 Å². The van der Waals surface area contributed by atoms with Crippen molar-refractivity contribution in [1.82, 2.24) is 0 Å². The van der Waals surface area contributed by atoms with E-state index in [4.69, 9.17) is 5.11 Å². The molecule has 24 heavy (non-hydrogen) atoms. The molecule has 2 aliphatic rings. The summed E-state index contributed by atoms with van der Waals surface area (Å²) in [5, 5.41) is 57.6. The van der Waals surface area contributed by atoms with Gasteiger partial charge in [-0.05, 0) is 0 Å². The molecule has 2 aliphatic heterocycles. The molecule has 1 unspecified atom stereocenters. The molecule has 134 valence electrons. The molecule has 0 radical (unpaired) electrons. The highest BCUT2D eigenvalue weighted by Crippen LogP contribution is 2.35. The van der Waals surface area contributed by atoms with Crippen LogP contribution in [0.1, 0.15) is 0 Å². The van der Waals surface area contributed by atoms with Gasteiger partial charge in [-0.3, -0.25) is 9.59 Å². The summed E-state index contributed by atoms with van der Waals surface area (Å²) < 4.78 is 8.99. The minimum Gasteiger partial charge on any atom is -0.447 e. The van der Waals surface area contributed by atoms with Crippen LogP contribution in [0.3, 0.4) is 0 Å². The maximum Gasteiger partial charge on any atom is 0.380 e. The van der Waals surface area contributed by atoms with Gasteiger partial charge in [0.1, 0.15) is 24.4 Å². The molecule has 2 saturated heterocycles. The van der Waals surface area contributed by atoms with Gasteiger partial charge in [0.2, 0.25) is 17.5 Å².